The number of hydrogen-bond acceptors (Lipinski definition) is 6. The maximum Gasteiger partial charge on any atom is 0.177 e. The van der Waals surface area contributed by atoms with Gasteiger partial charge in [0, 0.05) is 19.8 Å². The molecule has 0 N–H and O–H groups in total. The van der Waals surface area contributed by atoms with Crippen LogP contribution in [-0.4, -0.2) is 58.3 Å². The van der Waals surface area contributed by atoms with Crippen molar-refractivity contribution in [2.24, 2.45) is 11.8 Å². The van der Waals surface area contributed by atoms with Crippen molar-refractivity contribution >= 4 is 11.5 Å². The molecule has 1 spiro atoms. The number of ether oxygens (including phenoxy) is 2. The van der Waals surface area contributed by atoms with Gasteiger partial charge in [0.25, 0.3) is 0 Å². The van der Waals surface area contributed by atoms with Crippen LogP contribution in [0.15, 0.2) is 18.5 Å². The van der Waals surface area contributed by atoms with Crippen LogP contribution in [0.25, 0.3) is 5.65 Å². The van der Waals surface area contributed by atoms with Crippen molar-refractivity contribution in [3.8, 4) is 0 Å². The Morgan fingerprint density at radius 3 is 2.96 bits per heavy atom. The maximum atomic E-state index is 6.19. The predicted molar refractivity (Wildman–Crippen MR) is 97.2 cm³/mol. The van der Waals surface area contributed by atoms with E-state index in [0.717, 1.165) is 63.1 Å². The van der Waals surface area contributed by atoms with E-state index in [-0.39, 0.29) is 5.60 Å². The van der Waals surface area contributed by atoms with Crippen LogP contribution >= 0.6 is 0 Å². The van der Waals surface area contributed by atoms with Crippen LogP contribution < -0.4 is 4.90 Å². The number of anilines is 1. The monoisotopic (exact) mass is 357 g/mol. The van der Waals surface area contributed by atoms with Crippen molar-refractivity contribution in [2.45, 2.75) is 44.1 Å². The zero-order valence-electron chi connectivity index (χ0n) is 15.2. The molecule has 2 aromatic heterocycles. The summed E-state index contributed by atoms with van der Waals surface area (Å²) in [6.07, 6.45) is 9.39. The van der Waals surface area contributed by atoms with Gasteiger partial charge in [-0.3, -0.25) is 0 Å². The number of nitrogens with zero attached hydrogens (tertiary/aromatic N) is 5. The average Bonchev–Trinajstić information content (AvgIpc) is 3.36. The summed E-state index contributed by atoms with van der Waals surface area (Å²) in [6.45, 7) is 4.54. The van der Waals surface area contributed by atoms with Crippen LogP contribution in [0.4, 0.5) is 5.82 Å². The third-order valence-electron chi connectivity index (χ3n) is 6.43. The van der Waals surface area contributed by atoms with Gasteiger partial charge in [-0.15, -0.1) is 15.3 Å². The van der Waals surface area contributed by atoms with E-state index in [1.165, 1.54) is 25.7 Å². The quantitative estimate of drug-likeness (QED) is 0.739. The molecule has 7 heteroatoms. The van der Waals surface area contributed by atoms with E-state index in [1.54, 1.807) is 10.8 Å². The molecule has 0 amide bonds. The van der Waals surface area contributed by atoms with Gasteiger partial charge in [-0.05, 0) is 49.7 Å². The van der Waals surface area contributed by atoms with Gasteiger partial charge >= 0.3 is 0 Å². The van der Waals surface area contributed by atoms with Gasteiger partial charge in [-0.25, -0.2) is 0 Å². The zero-order valence-corrected chi connectivity index (χ0v) is 15.2. The smallest absolute Gasteiger partial charge is 0.177 e. The van der Waals surface area contributed by atoms with E-state index in [0.29, 0.717) is 5.92 Å². The molecule has 26 heavy (non-hydrogen) atoms. The molecule has 2 aromatic rings. The molecule has 0 bridgehead atoms. The lowest BCUT2D eigenvalue weighted by Crippen LogP contribution is -2.65. The van der Waals surface area contributed by atoms with E-state index in [9.17, 15) is 0 Å². The normalized spacial score (nSPS) is 25.4. The molecule has 3 aliphatic rings. The molecule has 4 heterocycles. The van der Waals surface area contributed by atoms with Crippen molar-refractivity contribution < 1.29 is 9.47 Å². The summed E-state index contributed by atoms with van der Waals surface area (Å²) in [5.41, 5.74) is 0.777. The molecule has 7 nitrogen and oxygen atoms in total. The second-order valence-electron chi connectivity index (χ2n) is 8.09. The first-order chi connectivity index (χ1) is 12.8. The Morgan fingerprint density at radius 2 is 2.08 bits per heavy atom. The largest absolute Gasteiger partial charge is 0.381 e. The number of aromatic nitrogens is 4. The van der Waals surface area contributed by atoms with E-state index in [1.807, 2.05) is 12.1 Å². The van der Waals surface area contributed by atoms with Crippen molar-refractivity contribution in [3.05, 3.63) is 18.5 Å². The molecular formula is C19H27N5O2. The first kappa shape index (κ1) is 16.4. The van der Waals surface area contributed by atoms with E-state index >= 15 is 0 Å². The van der Waals surface area contributed by atoms with Gasteiger partial charge in [-0.1, -0.05) is 12.8 Å². The average molecular weight is 357 g/mol. The van der Waals surface area contributed by atoms with Gasteiger partial charge in [0.1, 0.15) is 17.7 Å². The first-order valence-corrected chi connectivity index (χ1v) is 9.96. The highest BCUT2D eigenvalue weighted by molar-refractivity contribution is 5.48. The van der Waals surface area contributed by atoms with Crippen LogP contribution in [0.1, 0.15) is 38.5 Å². The Labute approximate surface area is 153 Å². The number of fused-ring (bicyclic) bond motifs is 1. The summed E-state index contributed by atoms with van der Waals surface area (Å²) >= 11 is 0. The molecule has 1 aliphatic carbocycles. The maximum absolute atomic E-state index is 6.19. The highest BCUT2D eigenvalue weighted by Gasteiger charge is 2.53. The van der Waals surface area contributed by atoms with Crippen molar-refractivity contribution in [1.82, 2.24) is 19.8 Å². The van der Waals surface area contributed by atoms with Gasteiger partial charge in [-0.2, -0.15) is 4.52 Å². The molecule has 5 rings (SSSR count). The van der Waals surface area contributed by atoms with Gasteiger partial charge < -0.3 is 14.4 Å². The van der Waals surface area contributed by atoms with E-state index in [2.05, 4.69) is 20.2 Å². The van der Waals surface area contributed by atoms with Crippen molar-refractivity contribution in [2.75, 3.05) is 37.8 Å². The first-order valence-electron chi connectivity index (χ1n) is 9.96. The fourth-order valence-electron chi connectivity index (χ4n) is 4.84. The fourth-order valence-corrected chi connectivity index (χ4v) is 4.84. The minimum Gasteiger partial charge on any atom is -0.381 e. The zero-order chi connectivity index (χ0) is 17.4. The molecule has 1 atom stereocenters. The molecule has 140 valence electrons. The van der Waals surface area contributed by atoms with Crippen LogP contribution in [0.3, 0.4) is 0 Å². The molecule has 1 unspecified atom stereocenters. The summed E-state index contributed by atoms with van der Waals surface area (Å²) in [7, 11) is 0. The summed E-state index contributed by atoms with van der Waals surface area (Å²) in [6, 6.07) is 3.98. The topological polar surface area (TPSA) is 64.8 Å². The van der Waals surface area contributed by atoms with Crippen LogP contribution in [0.2, 0.25) is 0 Å². The second kappa shape index (κ2) is 6.78. The molecule has 1 saturated carbocycles. The third kappa shape index (κ3) is 2.97. The standard InChI is InChI=1S/C19H27N5O2/c1-2-4-15(3-1)11-25-9-7-16-8-10-26-19(16)12-23(13-19)18-6-5-17-21-20-14-24(17)22-18/h5-6,14-16H,1-4,7-13H2. The molecule has 3 fully saturated rings. The highest BCUT2D eigenvalue weighted by Crippen LogP contribution is 2.43. The molecule has 2 saturated heterocycles. The van der Waals surface area contributed by atoms with E-state index < -0.39 is 0 Å². The molecular weight excluding hydrogens is 330 g/mol. The lowest BCUT2D eigenvalue weighted by atomic mass is 9.79. The second-order valence-corrected chi connectivity index (χ2v) is 8.09. The van der Waals surface area contributed by atoms with Crippen LogP contribution in [0, 0.1) is 11.8 Å². The summed E-state index contributed by atoms with van der Waals surface area (Å²) in [4.78, 5) is 2.29. The summed E-state index contributed by atoms with van der Waals surface area (Å²) in [5.74, 6) is 2.37. The lowest BCUT2D eigenvalue weighted by molar-refractivity contribution is -0.0515. The van der Waals surface area contributed by atoms with Crippen molar-refractivity contribution in [3.63, 3.8) is 0 Å². The SMILES string of the molecule is c1cc2nncn2nc1N1CC2(C1)OCCC2CCOCC1CCCC1. The van der Waals surface area contributed by atoms with E-state index in [4.69, 9.17) is 9.47 Å². The van der Waals surface area contributed by atoms with Crippen LogP contribution in [-0.2, 0) is 9.47 Å². The molecule has 0 radical (unpaired) electrons. The number of rotatable bonds is 6. The van der Waals surface area contributed by atoms with Crippen LogP contribution in [0.5, 0.6) is 0 Å². The summed E-state index contributed by atoms with van der Waals surface area (Å²) < 4.78 is 13.9. The lowest BCUT2D eigenvalue weighted by Gasteiger charge is -2.50. The van der Waals surface area contributed by atoms with Crippen molar-refractivity contribution in [1.29, 1.82) is 0 Å². The Morgan fingerprint density at radius 1 is 1.19 bits per heavy atom. The third-order valence-corrected chi connectivity index (χ3v) is 6.43. The summed E-state index contributed by atoms with van der Waals surface area (Å²) in [5, 5.41) is 12.5. The number of hydrogen-bond donors (Lipinski definition) is 0. The Kier molecular flexibility index (Phi) is 4.29. The minimum atomic E-state index is 0.000539. The van der Waals surface area contributed by atoms with Gasteiger partial charge in [0.15, 0.2) is 5.65 Å². The predicted octanol–water partition coefficient (Wildman–Crippen LogP) is 2.32. The highest BCUT2D eigenvalue weighted by atomic mass is 16.5. The Balaban J connectivity index is 1.14. The van der Waals surface area contributed by atoms with Gasteiger partial charge in [0.2, 0.25) is 0 Å². The molecule has 2 aliphatic heterocycles. The molecule has 0 aromatic carbocycles. The van der Waals surface area contributed by atoms with Gasteiger partial charge in [0.05, 0.1) is 13.1 Å². The minimum absolute atomic E-state index is 0.000539. The fraction of sp³-hybridized carbons (Fsp3) is 0.737. The Bertz CT molecular complexity index is 751. The Hall–Kier alpha value is -1.73.